The molecule has 0 bridgehead atoms. The Morgan fingerprint density at radius 1 is 0.846 bits per heavy atom. The number of benzene rings is 2. The number of primary amides is 1. The van der Waals surface area contributed by atoms with E-state index < -0.39 is 5.91 Å². The van der Waals surface area contributed by atoms with E-state index in [4.69, 9.17) is 17.2 Å². The largest absolute Gasteiger partial charge is 0.399 e. The number of nitrogens with one attached hydrogen (secondary N) is 1. The summed E-state index contributed by atoms with van der Waals surface area (Å²) < 4.78 is 0. The van der Waals surface area contributed by atoms with E-state index in [1.807, 2.05) is 6.07 Å². The number of carbonyl (C=O) groups excluding carboxylic acids is 2. The summed E-state index contributed by atoms with van der Waals surface area (Å²) >= 11 is 0. The van der Waals surface area contributed by atoms with E-state index in [0.29, 0.717) is 28.5 Å². The summed E-state index contributed by atoms with van der Waals surface area (Å²) in [5.74, 6) is -0.452. The van der Waals surface area contributed by atoms with Gasteiger partial charge in [0.15, 0.2) is 0 Å². The van der Waals surface area contributed by atoms with Crippen LogP contribution >= 0.6 is 0 Å². The summed E-state index contributed by atoms with van der Waals surface area (Å²) in [7, 11) is 0. The van der Waals surface area contributed by atoms with Crippen LogP contribution in [0.1, 0.15) is 52.8 Å². The van der Waals surface area contributed by atoms with Crippen LogP contribution in [0.25, 0.3) is 0 Å². The lowest BCUT2D eigenvalue weighted by atomic mass is 9.95. The molecular formula is C20H26N4O2. The molecule has 1 saturated carbocycles. The van der Waals surface area contributed by atoms with E-state index in [1.54, 1.807) is 42.5 Å². The second-order valence-corrected chi connectivity index (χ2v) is 6.42. The van der Waals surface area contributed by atoms with E-state index >= 15 is 0 Å². The Bertz CT molecular complexity index is 755. The van der Waals surface area contributed by atoms with Gasteiger partial charge in [-0.25, -0.2) is 0 Å². The first-order chi connectivity index (χ1) is 12.5. The number of rotatable bonds is 3. The molecule has 0 unspecified atom stereocenters. The Kier molecular flexibility index (Phi) is 7.02. The molecule has 0 aliphatic heterocycles. The number of carbonyl (C=O) groups is 2. The Morgan fingerprint density at radius 2 is 1.38 bits per heavy atom. The maximum Gasteiger partial charge on any atom is 0.251 e. The minimum absolute atomic E-state index is 0.000741. The number of hydrogen-bond acceptors (Lipinski definition) is 4. The maximum absolute atomic E-state index is 11.9. The molecule has 2 aromatic rings. The fraction of sp³-hybridized carbons (Fsp3) is 0.300. The standard InChI is InChI=1S/C13H18N2O.C7H8N2O/c14-11-6-4-5-10(9-11)13(16)15-12-7-2-1-3-8-12;8-6-3-1-2-5(4-6)7(9)10/h4-6,9,12H,1-3,7-8,14H2,(H,15,16);1-4H,8H2,(H2,9,10). The molecule has 6 heteroatoms. The van der Waals surface area contributed by atoms with Crippen LogP contribution in [0, 0.1) is 0 Å². The molecule has 0 atom stereocenters. The van der Waals surface area contributed by atoms with Gasteiger partial charge in [0.25, 0.3) is 5.91 Å². The zero-order valence-corrected chi connectivity index (χ0v) is 14.8. The van der Waals surface area contributed by atoms with Crippen molar-refractivity contribution in [2.24, 2.45) is 5.73 Å². The van der Waals surface area contributed by atoms with Crippen LogP contribution in [0.5, 0.6) is 0 Å². The van der Waals surface area contributed by atoms with Crippen LogP contribution < -0.4 is 22.5 Å². The van der Waals surface area contributed by atoms with Crippen molar-refractivity contribution >= 4 is 23.2 Å². The van der Waals surface area contributed by atoms with Gasteiger partial charge in [-0.1, -0.05) is 31.4 Å². The van der Waals surface area contributed by atoms with Gasteiger partial charge in [-0.15, -0.1) is 0 Å². The SMILES string of the molecule is NC(=O)c1cccc(N)c1.Nc1cccc(C(=O)NC2CCCCC2)c1. The normalized spacial score (nSPS) is 14.0. The van der Waals surface area contributed by atoms with Crippen molar-refractivity contribution in [3.05, 3.63) is 59.7 Å². The molecule has 7 N–H and O–H groups in total. The van der Waals surface area contributed by atoms with Gasteiger partial charge in [0.2, 0.25) is 5.91 Å². The molecule has 1 aliphatic carbocycles. The molecule has 0 radical (unpaired) electrons. The predicted molar refractivity (Wildman–Crippen MR) is 105 cm³/mol. The smallest absolute Gasteiger partial charge is 0.251 e. The molecule has 3 rings (SSSR count). The van der Waals surface area contributed by atoms with Crippen molar-refractivity contribution in [3.8, 4) is 0 Å². The summed E-state index contributed by atoms with van der Waals surface area (Å²) in [5.41, 5.74) is 18.3. The maximum atomic E-state index is 11.9. The molecule has 1 fully saturated rings. The van der Waals surface area contributed by atoms with E-state index in [9.17, 15) is 9.59 Å². The zero-order valence-electron chi connectivity index (χ0n) is 14.8. The van der Waals surface area contributed by atoms with E-state index in [0.717, 1.165) is 12.8 Å². The number of nitrogens with two attached hydrogens (primary N) is 3. The molecule has 0 saturated heterocycles. The quantitative estimate of drug-likeness (QED) is 0.632. The summed E-state index contributed by atoms with van der Waals surface area (Å²) in [5, 5.41) is 3.07. The van der Waals surface area contributed by atoms with Gasteiger partial charge < -0.3 is 22.5 Å². The Morgan fingerprint density at radius 3 is 1.88 bits per heavy atom. The van der Waals surface area contributed by atoms with Gasteiger partial charge in [0.1, 0.15) is 0 Å². The van der Waals surface area contributed by atoms with Crippen molar-refractivity contribution in [2.45, 2.75) is 38.1 Å². The van der Waals surface area contributed by atoms with Crippen LogP contribution in [0.3, 0.4) is 0 Å². The van der Waals surface area contributed by atoms with E-state index in [1.165, 1.54) is 19.3 Å². The first-order valence-corrected chi connectivity index (χ1v) is 8.77. The monoisotopic (exact) mass is 354 g/mol. The molecule has 1 aliphatic rings. The summed E-state index contributed by atoms with van der Waals surface area (Å²) in [6.45, 7) is 0. The van der Waals surface area contributed by atoms with Gasteiger partial charge in [-0.2, -0.15) is 0 Å². The highest BCUT2D eigenvalue weighted by molar-refractivity contribution is 5.95. The molecule has 26 heavy (non-hydrogen) atoms. The summed E-state index contributed by atoms with van der Waals surface area (Å²) in [6.07, 6.45) is 5.95. The van der Waals surface area contributed by atoms with Crippen LogP contribution in [0.15, 0.2) is 48.5 Å². The average Bonchev–Trinajstić information content (AvgIpc) is 2.63. The lowest BCUT2D eigenvalue weighted by Gasteiger charge is -2.22. The first kappa shape index (κ1) is 19.3. The fourth-order valence-electron chi connectivity index (χ4n) is 2.89. The molecule has 0 spiro atoms. The molecular weight excluding hydrogens is 328 g/mol. The van der Waals surface area contributed by atoms with E-state index in [2.05, 4.69) is 5.32 Å². The second kappa shape index (κ2) is 9.46. The van der Waals surface area contributed by atoms with Crippen molar-refractivity contribution in [2.75, 3.05) is 11.5 Å². The van der Waals surface area contributed by atoms with Crippen molar-refractivity contribution in [1.29, 1.82) is 0 Å². The van der Waals surface area contributed by atoms with Gasteiger partial charge >= 0.3 is 0 Å². The van der Waals surface area contributed by atoms with Gasteiger partial charge in [-0.05, 0) is 49.2 Å². The Hall–Kier alpha value is -3.02. The number of anilines is 2. The van der Waals surface area contributed by atoms with E-state index in [-0.39, 0.29) is 5.91 Å². The number of nitrogen functional groups attached to an aromatic ring is 2. The van der Waals surface area contributed by atoms with Crippen LogP contribution in [-0.2, 0) is 0 Å². The highest BCUT2D eigenvalue weighted by Gasteiger charge is 2.16. The average molecular weight is 354 g/mol. The Balaban J connectivity index is 0.000000209. The minimum Gasteiger partial charge on any atom is -0.399 e. The summed E-state index contributed by atoms with van der Waals surface area (Å²) in [4.78, 5) is 22.4. The summed E-state index contributed by atoms with van der Waals surface area (Å²) in [6, 6.07) is 14.0. The minimum atomic E-state index is -0.452. The lowest BCUT2D eigenvalue weighted by molar-refractivity contribution is 0.0927. The van der Waals surface area contributed by atoms with Crippen molar-refractivity contribution in [3.63, 3.8) is 0 Å². The number of amides is 2. The zero-order chi connectivity index (χ0) is 18.9. The highest BCUT2D eigenvalue weighted by atomic mass is 16.2. The molecule has 2 amide bonds. The van der Waals surface area contributed by atoms with Crippen LogP contribution in [-0.4, -0.2) is 17.9 Å². The van der Waals surface area contributed by atoms with Crippen LogP contribution in [0.2, 0.25) is 0 Å². The molecule has 2 aromatic carbocycles. The third-order valence-electron chi connectivity index (χ3n) is 4.26. The third-order valence-corrected chi connectivity index (χ3v) is 4.26. The Labute approximate surface area is 153 Å². The van der Waals surface area contributed by atoms with Gasteiger partial charge in [0, 0.05) is 28.5 Å². The first-order valence-electron chi connectivity index (χ1n) is 8.77. The van der Waals surface area contributed by atoms with Gasteiger partial charge in [-0.3, -0.25) is 9.59 Å². The molecule has 138 valence electrons. The molecule has 0 aromatic heterocycles. The predicted octanol–water partition coefficient (Wildman–Crippen LogP) is 2.70. The second-order valence-electron chi connectivity index (χ2n) is 6.42. The molecule has 0 heterocycles. The number of hydrogen-bond donors (Lipinski definition) is 4. The van der Waals surface area contributed by atoms with Crippen molar-refractivity contribution < 1.29 is 9.59 Å². The third kappa shape index (κ3) is 6.12. The highest BCUT2D eigenvalue weighted by Crippen LogP contribution is 2.18. The molecule has 6 nitrogen and oxygen atoms in total. The topological polar surface area (TPSA) is 124 Å². The van der Waals surface area contributed by atoms with Gasteiger partial charge in [0.05, 0.1) is 0 Å². The lowest BCUT2D eigenvalue weighted by Crippen LogP contribution is -2.36. The van der Waals surface area contributed by atoms with Crippen molar-refractivity contribution in [1.82, 2.24) is 5.32 Å². The fourth-order valence-corrected chi connectivity index (χ4v) is 2.89. The van der Waals surface area contributed by atoms with Crippen LogP contribution in [0.4, 0.5) is 11.4 Å².